The van der Waals surface area contributed by atoms with Crippen molar-refractivity contribution < 1.29 is 8.42 Å². The molecule has 1 aromatic rings. The summed E-state index contributed by atoms with van der Waals surface area (Å²) in [5.41, 5.74) is 14.5. The van der Waals surface area contributed by atoms with Gasteiger partial charge in [-0.2, -0.15) is 5.10 Å². The van der Waals surface area contributed by atoms with E-state index in [1.54, 1.807) is 19.1 Å². The molecule has 0 fully saturated rings. The lowest BCUT2D eigenvalue weighted by molar-refractivity contribution is 0.584. The van der Waals surface area contributed by atoms with Gasteiger partial charge >= 0.3 is 0 Å². The molecule has 0 saturated carbocycles. The smallest absolute Gasteiger partial charge is 0.240 e. The molecule has 1 aliphatic rings. The second-order valence-electron chi connectivity index (χ2n) is 4.07. The summed E-state index contributed by atoms with van der Waals surface area (Å²) in [5.74, 6) is 0.188. The van der Waals surface area contributed by atoms with Gasteiger partial charge in [-0.25, -0.2) is 13.1 Å². The van der Waals surface area contributed by atoms with Gasteiger partial charge in [-0.15, -0.1) is 10.2 Å². The standard InChI is InChI=1S/C11H15N7O2S/c1-2-14-21(19,20)8-5-3-4-7(6-8)15-16-9-10(12)17-18-11(9)13/h3-6,14-15H,2H2,1H3,(H4,12,13,16,17,18). The number of hydrogen-bond donors (Lipinski definition) is 4. The molecule has 0 atom stereocenters. The Balaban J connectivity index is 2.22. The molecule has 0 saturated heterocycles. The predicted molar refractivity (Wildman–Crippen MR) is 81.6 cm³/mol. The maximum atomic E-state index is 11.9. The lowest BCUT2D eigenvalue weighted by Gasteiger charge is -2.07. The van der Waals surface area contributed by atoms with Crippen molar-refractivity contribution in [1.82, 2.24) is 4.72 Å². The Kier molecular flexibility index (Phi) is 4.19. The number of sulfonamides is 1. The van der Waals surface area contributed by atoms with Crippen LogP contribution in [0.4, 0.5) is 5.69 Å². The van der Waals surface area contributed by atoms with Crippen molar-refractivity contribution in [3.05, 3.63) is 24.3 Å². The fourth-order valence-corrected chi connectivity index (χ4v) is 2.66. The van der Waals surface area contributed by atoms with Crippen molar-refractivity contribution in [3.63, 3.8) is 0 Å². The first-order valence-electron chi connectivity index (χ1n) is 6.05. The quantitative estimate of drug-likeness (QED) is 0.536. The van der Waals surface area contributed by atoms with Crippen molar-refractivity contribution in [1.29, 1.82) is 0 Å². The highest BCUT2D eigenvalue weighted by molar-refractivity contribution is 7.89. The van der Waals surface area contributed by atoms with Gasteiger partial charge in [0, 0.05) is 6.54 Å². The summed E-state index contributed by atoms with van der Waals surface area (Å²) < 4.78 is 26.2. The van der Waals surface area contributed by atoms with E-state index in [9.17, 15) is 8.42 Å². The Morgan fingerprint density at radius 2 is 1.90 bits per heavy atom. The monoisotopic (exact) mass is 309 g/mol. The molecule has 0 bridgehead atoms. The molecule has 0 unspecified atom stereocenters. The maximum Gasteiger partial charge on any atom is 0.240 e. The summed E-state index contributed by atoms with van der Waals surface area (Å²) in [6, 6.07) is 6.18. The van der Waals surface area contributed by atoms with Crippen LogP contribution in [0.5, 0.6) is 0 Å². The lowest BCUT2D eigenvalue weighted by Crippen LogP contribution is -2.32. The van der Waals surface area contributed by atoms with Gasteiger partial charge in [-0.1, -0.05) is 13.0 Å². The van der Waals surface area contributed by atoms with Crippen LogP contribution in [0.25, 0.3) is 0 Å². The third kappa shape index (κ3) is 3.35. The summed E-state index contributed by atoms with van der Waals surface area (Å²) in [4.78, 5) is 0.129. The molecule has 0 radical (unpaired) electrons. The van der Waals surface area contributed by atoms with Crippen molar-refractivity contribution in [2.24, 2.45) is 26.8 Å². The first kappa shape index (κ1) is 14.9. The lowest BCUT2D eigenvalue weighted by atomic mass is 10.3. The van der Waals surface area contributed by atoms with E-state index in [0.717, 1.165) is 0 Å². The van der Waals surface area contributed by atoms with Crippen LogP contribution in [0, 0.1) is 0 Å². The molecule has 0 amide bonds. The molecule has 0 aliphatic carbocycles. The van der Waals surface area contributed by atoms with E-state index in [1.807, 2.05) is 0 Å². The molecule has 9 nitrogen and oxygen atoms in total. The van der Waals surface area contributed by atoms with E-state index in [2.05, 4.69) is 25.5 Å². The number of nitrogens with two attached hydrogens (primary N) is 2. The molecule has 0 spiro atoms. The molecule has 10 heteroatoms. The number of benzene rings is 1. The predicted octanol–water partition coefficient (Wildman–Crippen LogP) is -0.604. The first-order chi connectivity index (χ1) is 9.94. The Morgan fingerprint density at radius 3 is 2.52 bits per heavy atom. The summed E-state index contributed by atoms with van der Waals surface area (Å²) in [6.07, 6.45) is 0. The van der Waals surface area contributed by atoms with Gasteiger partial charge in [-0.3, -0.25) is 5.43 Å². The van der Waals surface area contributed by atoms with Gasteiger partial charge in [-0.05, 0) is 18.2 Å². The Bertz CT molecular complexity index is 717. The number of nitrogens with one attached hydrogen (secondary N) is 2. The second kappa shape index (κ2) is 5.89. The molecule has 1 heterocycles. The molecule has 21 heavy (non-hydrogen) atoms. The minimum absolute atomic E-state index is 0.0939. The largest absolute Gasteiger partial charge is 0.380 e. The van der Waals surface area contributed by atoms with Crippen molar-refractivity contribution >= 4 is 33.1 Å². The fourth-order valence-electron chi connectivity index (χ4n) is 1.57. The normalized spacial score (nSPS) is 14.6. The van der Waals surface area contributed by atoms with Crippen molar-refractivity contribution in [2.75, 3.05) is 12.0 Å². The molecule has 2 rings (SSSR count). The van der Waals surface area contributed by atoms with E-state index >= 15 is 0 Å². The summed E-state index contributed by atoms with van der Waals surface area (Å²) in [6.45, 7) is 2.01. The number of anilines is 1. The Hall–Kier alpha value is -2.46. The molecule has 1 aliphatic heterocycles. The molecule has 112 valence electrons. The molecule has 0 aromatic heterocycles. The molecular weight excluding hydrogens is 294 g/mol. The zero-order valence-corrected chi connectivity index (χ0v) is 12.1. The van der Waals surface area contributed by atoms with E-state index in [4.69, 9.17) is 11.5 Å². The van der Waals surface area contributed by atoms with E-state index in [1.165, 1.54) is 12.1 Å². The number of amidine groups is 2. The van der Waals surface area contributed by atoms with E-state index in [0.29, 0.717) is 12.2 Å². The van der Waals surface area contributed by atoms with Gasteiger partial charge in [0.25, 0.3) is 0 Å². The number of rotatable bonds is 5. The van der Waals surface area contributed by atoms with Crippen molar-refractivity contribution in [2.45, 2.75) is 11.8 Å². The summed E-state index contributed by atoms with van der Waals surface area (Å²) in [5, 5.41) is 11.1. The molecule has 1 aromatic carbocycles. The first-order valence-corrected chi connectivity index (χ1v) is 7.53. The molecular formula is C11H15N7O2S. The fraction of sp³-hybridized carbons (Fsp3) is 0.182. The third-order valence-electron chi connectivity index (χ3n) is 2.53. The van der Waals surface area contributed by atoms with Gasteiger partial charge in [0.05, 0.1) is 10.6 Å². The zero-order valence-electron chi connectivity index (χ0n) is 11.2. The van der Waals surface area contributed by atoms with Crippen LogP contribution in [0.2, 0.25) is 0 Å². The van der Waals surface area contributed by atoms with Gasteiger partial charge in [0.2, 0.25) is 10.0 Å². The van der Waals surface area contributed by atoms with Gasteiger partial charge in [0.15, 0.2) is 17.4 Å². The number of hydrogen-bond acceptors (Lipinski definition) is 8. The highest BCUT2D eigenvalue weighted by atomic mass is 32.2. The second-order valence-corrected chi connectivity index (χ2v) is 5.84. The zero-order chi connectivity index (χ0) is 15.5. The van der Waals surface area contributed by atoms with Crippen LogP contribution in [-0.4, -0.2) is 32.3 Å². The van der Waals surface area contributed by atoms with E-state index < -0.39 is 10.0 Å². The Labute approximate surface area is 121 Å². The van der Waals surface area contributed by atoms with Crippen LogP contribution in [0.1, 0.15) is 6.92 Å². The highest BCUT2D eigenvalue weighted by Gasteiger charge is 2.17. The van der Waals surface area contributed by atoms with Crippen LogP contribution in [-0.2, 0) is 10.0 Å². The summed E-state index contributed by atoms with van der Waals surface area (Å²) in [7, 11) is -3.53. The van der Waals surface area contributed by atoms with Crippen molar-refractivity contribution in [3.8, 4) is 0 Å². The van der Waals surface area contributed by atoms with Crippen LogP contribution in [0.15, 0.2) is 44.5 Å². The SMILES string of the molecule is CCNS(=O)(=O)c1cccc(NN=C2C(N)=NN=C2N)c1. The minimum atomic E-state index is -3.53. The summed E-state index contributed by atoms with van der Waals surface area (Å²) >= 11 is 0. The van der Waals surface area contributed by atoms with E-state index in [-0.39, 0.29) is 22.3 Å². The molecule has 6 N–H and O–H groups in total. The maximum absolute atomic E-state index is 11.9. The highest BCUT2D eigenvalue weighted by Crippen LogP contribution is 2.15. The van der Waals surface area contributed by atoms with Gasteiger partial charge < -0.3 is 11.5 Å². The van der Waals surface area contributed by atoms with Crippen LogP contribution >= 0.6 is 0 Å². The third-order valence-corrected chi connectivity index (χ3v) is 4.07. The average molecular weight is 309 g/mol. The number of nitrogens with zero attached hydrogens (tertiary/aromatic N) is 3. The average Bonchev–Trinajstić information content (AvgIpc) is 2.76. The Morgan fingerprint density at radius 1 is 1.24 bits per heavy atom. The van der Waals surface area contributed by atoms with Crippen LogP contribution in [0.3, 0.4) is 0 Å². The van der Waals surface area contributed by atoms with Crippen LogP contribution < -0.4 is 21.6 Å². The number of hydrazone groups is 1. The topological polar surface area (TPSA) is 147 Å². The van der Waals surface area contributed by atoms with Gasteiger partial charge in [0.1, 0.15) is 0 Å². The minimum Gasteiger partial charge on any atom is -0.380 e.